The van der Waals surface area contributed by atoms with Crippen molar-refractivity contribution in [2.45, 2.75) is 18.9 Å². The average Bonchev–Trinajstić information content (AvgIpc) is 2.62. The Morgan fingerprint density at radius 1 is 1.17 bits per heavy atom. The van der Waals surface area contributed by atoms with Crippen molar-refractivity contribution in [2.75, 3.05) is 26.7 Å². The molecule has 2 N–H and O–H groups in total. The van der Waals surface area contributed by atoms with Crippen LogP contribution in [0.3, 0.4) is 0 Å². The molecule has 0 radical (unpaired) electrons. The van der Waals surface area contributed by atoms with Gasteiger partial charge in [0, 0.05) is 31.6 Å². The van der Waals surface area contributed by atoms with Crippen LogP contribution in [0.5, 0.6) is 0 Å². The normalized spacial score (nSPS) is 16.0. The van der Waals surface area contributed by atoms with Gasteiger partial charge in [-0.15, -0.1) is 0 Å². The van der Waals surface area contributed by atoms with Gasteiger partial charge in [-0.3, -0.25) is 14.5 Å². The Hall–Kier alpha value is -2.47. The number of carbonyl (C=O) groups is 2. The van der Waals surface area contributed by atoms with Gasteiger partial charge in [-0.25, -0.2) is 4.98 Å². The van der Waals surface area contributed by atoms with Gasteiger partial charge in [-0.1, -0.05) is 24.3 Å². The van der Waals surface area contributed by atoms with Crippen LogP contribution in [0.2, 0.25) is 0 Å². The minimum absolute atomic E-state index is 0.0258. The zero-order chi connectivity index (χ0) is 16.9. The summed E-state index contributed by atoms with van der Waals surface area (Å²) < 4.78 is 0. The van der Waals surface area contributed by atoms with Crippen LogP contribution in [-0.4, -0.2) is 54.4 Å². The van der Waals surface area contributed by atoms with Gasteiger partial charge in [0.1, 0.15) is 5.69 Å². The van der Waals surface area contributed by atoms with Crippen molar-refractivity contribution in [1.82, 2.24) is 20.5 Å². The molecule has 1 saturated heterocycles. The number of rotatable bonds is 4. The number of aromatic nitrogens is 1. The summed E-state index contributed by atoms with van der Waals surface area (Å²) in [5, 5.41) is 6.72. The lowest BCUT2D eigenvalue weighted by Gasteiger charge is -2.31. The van der Waals surface area contributed by atoms with Crippen LogP contribution in [0.4, 0.5) is 0 Å². The first-order valence-electron chi connectivity index (χ1n) is 8.25. The first kappa shape index (κ1) is 16.4. The Kier molecular flexibility index (Phi) is 5.05. The number of likely N-dealkylation sites (tertiary alicyclic amines) is 1. The second-order valence-corrected chi connectivity index (χ2v) is 6.09. The fourth-order valence-corrected chi connectivity index (χ4v) is 2.97. The van der Waals surface area contributed by atoms with Crippen LogP contribution in [-0.2, 0) is 4.79 Å². The van der Waals surface area contributed by atoms with Crippen LogP contribution >= 0.6 is 0 Å². The SMILES string of the molecule is CNC(=O)CN1CCC(NC(=O)c2ccc3ccccc3n2)CC1. The van der Waals surface area contributed by atoms with Gasteiger partial charge in [0.2, 0.25) is 5.91 Å². The molecule has 2 amide bonds. The minimum atomic E-state index is -0.134. The molecule has 6 heteroatoms. The number of fused-ring (bicyclic) bond motifs is 1. The van der Waals surface area contributed by atoms with E-state index >= 15 is 0 Å². The molecule has 24 heavy (non-hydrogen) atoms. The highest BCUT2D eigenvalue weighted by atomic mass is 16.2. The fourth-order valence-electron chi connectivity index (χ4n) is 2.97. The third kappa shape index (κ3) is 3.89. The van der Waals surface area contributed by atoms with Crippen molar-refractivity contribution < 1.29 is 9.59 Å². The molecule has 0 saturated carbocycles. The third-order valence-electron chi connectivity index (χ3n) is 4.40. The topological polar surface area (TPSA) is 74.3 Å². The number of nitrogens with zero attached hydrogens (tertiary/aromatic N) is 2. The van der Waals surface area contributed by atoms with Crippen LogP contribution in [0.1, 0.15) is 23.3 Å². The number of piperidine rings is 1. The summed E-state index contributed by atoms with van der Waals surface area (Å²) in [6.07, 6.45) is 1.69. The summed E-state index contributed by atoms with van der Waals surface area (Å²) in [7, 11) is 1.64. The number of pyridine rings is 1. The second kappa shape index (κ2) is 7.40. The molecule has 0 spiro atoms. The molecule has 1 fully saturated rings. The van der Waals surface area contributed by atoms with Gasteiger partial charge in [-0.05, 0) is 25.0 Å². The molecule has 1 aromatic carbocycles. The maximum absolute atomic E-state index is 12.4. The Morgan fingerprint density at radius 2 is 1.92 bits per heavy atom. The molecule has 0 atom stereocenters. The summed E-state index contributed by atoms with van der Waals surface area (Å²) in [4.78, 5) is 30.3. The molecule has 126 valence electrons. The molecule has 0 bridgehead atoms. The molecule has 2 heterocycles. The summed E-state index contributed by atoms with van der Waals surface area (Å²) in [6, 6.07) is 11.6. The Balaban J connectivity index is 1.56. The van der Waals surface area contributed by atoms with Crippen LogP contribution in [0.25, 0.3) is 10.9 Å². The van der Waals surface area contributed by atoms with E-state index in [1.807, 2.05) is 30.3 Å². The number of amides is 2. The van der Waals surface area contributed by atoms with Gasteiger partial charge in [0.15, 0.2) is 0 Å². The van der Waals surface area contributed by atoms with E-state index in [4.69, 9.17) is 0 Å². The highest BCUT2D eigenvalue weighted by Gasteiger charge is 2.22. The third-order valence-corrected chi connectivity index (χ3v) is 4.40. The smallest absolute Gasteiger partial charge is 0.270 e. The molecular formula is C18H22N4O2. The van der Waals surface area contributed by atoms with Crippen molar-refractivity contribution in [3.63, 3.8) is 0 Å². The van der Waals surface area contributed by atoms with Crippen LogP contribution in [0, 0.1) is 0 Å². The highest BCUT2D eigenvalue weighted by molar-refractivity contribution is 5.95. The Morgan fingerprint density at radius 3 is 2.67 bits per heavy atom. The number of carbonyl (C=O) groups excluding carboxylic acids is 2. The van der Waals surface area contributed by atoms with Gasteiger partial charge in [-0.2, -0.15) is 0 Å². The van der Waals surface area contributed by atoms with E-state index in [9.17, 15) is 9.59 Å². The van der Waals surface area contributed by atoms with Gasteiger partial charge < -0.3 is 10.6 Å². The first-order valence-corrected chi connectivity index (χ1v) is 8.25. The molecule has 0 unspecified atom stereocenters. The monoisotopic (exact) mass is 326 g/mol. The van der Waals surface area contributed by atoms with E-state index in [0.717, 1.165) is 36.8 Å². The van der Waals surface area contributed by atoms with E-state index in [1.54, 1.807) is 13.1 Å². The Labute approximate surface area is 141 Å². The predicted octanol–water partition coefficient (Wildman–Crippen LogP) is 1.17. The van der Waals surface area contributed by atoms with Crippen LogP contribution in [0.15, 0.2) is 36.4 Å². The minimum Gasteiger partial charge on any atom is -0.358 e. The number of para-hydroxylation sites is 1. The van der Waals surface area contributed by atoms with Gasteiger partial charge in [0.25, 0.3) is 5.91 Å². The first-order chi connectivity index (χ1) is 11.7. The van der Waals surface area contributed by atoms with Crippen molar-refractivity contribution in [1.29, 1.82) is 0 Å². The maximum Gasteiger partial charge on any atom is 0.270 e. The Bertz CT molecular complexity index is 739. The molecule has 0 aliphatic carbocycles. The van der Waals surface area contributed by atoms with Gasteiger partial charge in [0.05, 0.1) is 12.1 Å². The number of hydrogen-bond donors (Lipinski definition) is 2. The lowest BCUT2D eigenvalue weighted by molar-refractivity contribution is -0.122. The number of benzene rings is 1. The molecular weight excluding hydrogens is 304 g/mol. The summed E-state index contributed by atoms with van der Waals surface area (Å²) in [5.74, 6) is -0.108. The summed E-state index contributed by atoms with van der Waals surface area (Å²) >= 11 is 0. The van der Waals surface area contributed by atoms with E-state index in [1.165, 1.54) is 0 Å². The van der Waals surface area contributed by atoms with Gasteiger partial charge >= 0.3 is 0 Å². The number of nitrogens with one attached hydrogen (secondary N) is 2. The molecule has 1 aliphatic heterocycles. The lowest BCUT2D eigenvalue weighted by Crippen LogP contribution is -2.47. The van der Waals surface area contributed by atoms with E-state index < -0.39 is 0 Å². The predicted molar refractivity (Wildman–Crippen MR) is 92.7 cm³/mol. The molecule has 2 aromatic rings. The molecule has 1 aliphatic rings. The zero-order valence-electron chi connectivity index (χ0n) is 13.8. The quantitative estimate of drug-likeness (QED) is 0.885. The number of likely N-dealkylation sites (N-methyl/N-ethyl adjacent to an activating group) is 1. The van der Waals surface area contributed by atoms with Crippen molar-refractivity contribution >= 4 is 22.7 Å². The van der Waals surface area contributed by atoms with Crippen molar-refractivity contribution in [3.8, 4) is 0 Å². The standard InChI is InChI=1S/C18H22N4O2/c1-19-17(23)12-22-10-8-14(9-11-22)20-18(24)16-7-6-13-4-2-3-5-15(13)21-16/h2-7,14H,8-12H2,1H3,(H,19,23)(H,20,24). The average molecular weight is 326 g/mol. The van der Waals surface area contributed by atoms with Crippen LogP contribution < -0.4 is 10.6 Å². The number of hydrogen-bond acceptors (Lipinski definition) is 4. The summed E-state index contributed by atoms with van der Waals surface area (Å²) in [5.41, 5.74) is 1.27. The maximum atomic E-state index is 12.4. The summed E-state index contributed by atoms with van der Waals surface area (Å²) in [6.45, 7) is 2.04. The zero-order valence-corrected chi connectivity index (χ0v) is 13.8. The lowest BCUT2D eigenvalue weighted by atomic mass is 10.0. The molecule has 6 nitrogen and oxygen atoms in total. The van der Waals surface area contributed by atoms with Crippen molar-refractivity contribution in [3.05, 3.63) is 42.1 Å². The second-order valence-electron chi connectivity index (χ2n) is 6.09. The fraction of sp³-hybridized carbons (Fsp3) is 0.389. The van der Waals surface area contributed by atoms with E-state index in [2.05, 4.69) is 20.5 Å². The molecule has 3 rings (SSSR count). The van der Waals surface area contributed by atoms with E-state index in [-0.39, 0.29) is 17.9 Å². The molecule has 1 aromatic heterocycles. The van der Waals surface area contributed by atoms with E-state index in [0.29, 0.717) is 12.2 Å². The highest BCUT2D eigenvalue weighted by Crippen LogP contribution is 2.13. The van der Waals surface area contributed by atoms with Crippen molar-refractivity contribution in [2.24, 2.45) is 0 Å². The largest absolute Gasteiger partial charge is 0.358 e.